The standard InChI is InChI=1S/C15H12O3/c1-12(16)17-11-15-10-9-14(18-15)8-7-13-5-3-2-4-6-13/h2-6,9-10H,11H2,1H3. The second-order valence-corrected chi connectivity index (χ2v) is 3.66. The van der Waals surface area contributed by atoms with Crippen LogP contribution in [0.5, 0.6) is 0 Å². The fourth-order valence-corrected chi connectivity index (χ4v) is 1.35. The van der Waals surface area contributed by atoms with Crippen LogP contribution >= 0.6 is 0 Å². The maximum absolute atomic E-state index is 10.6. The SMILES string of the molecule is CC(=O)OCc1ccc(C#Cc2ccccc2)o1. The predicted molar refractivity (Wildman–Crippen MR) is 66.6 cm³/mol. The molecule has 2 aromatic rings. The number of furan rings is 1. The zero-order chi connectivity index (χ0) is 12.8. The molecule has 0 saturated heterocycles. The summed E-state index contributed by atoms with van der Waals surface area (Å²) < 4.78 is 10.2. The van der Waals surface area contributed by atoms with Crippen LogP contribution in [0.1, 0.15) is 24.0 Å². The van der Waals surface area contributed by atoms with E-state index in [1.165, 1.54) is 6.92 Å². The molecular formula is C15H12O3. The van der Waals surface area contributed by atoms with E-state index in [4.69, 9.17) is 9.15 Å². The van der Waals surface area contributed by atoms with E-state index in [1.54, 1.807) is 12.1 Å². The van der Waals surface area contributed by atoms with Crippen molar-refractivity contribution in [3.8, 4) is 11.8 Å². The van der Waals surface area contributed by atoms with Crippen LogP contribution < -0.4 is 0 Å². The van der Waals surface area contributed by atoms with Gasteiger partial charge in [-0.05, 0) is 30.2 Å². The molecule has 0 aliphatic carbocycles. The normalized spacial score (nSPS) is 9.39. The number of esters is 1. The molecule has 0 atom stereocenters. The van der Waals surface area contributed by atoms with Gasteiger partial charge in [0, 0.05) is 12.5 Å². The molecule has 0 N–H and O–H groups in total. The average Bonchev–Trinajstić information content (AvgIpc) is 2.83. The van der Waals surface area contributed by atoms with Gasteiger partial charge in [-0.15, -0.1) is 0 Å². The van der Waals surface area contributed by atoms with Gasteiger partial charge < -0.3 is 9.15 Å². The third kappa shape index (κ3) is 3.53. The van der Waals surface area contributed by atoms with Crippen LogP contribution in [0.3, 0.4) is 0 Å². The maximum Gasteiger partial charge on any atom is 0.303 e. The molecule has 1 aromatic carbocycles. The Bertz CT molecular complexity index is 585. The van der Waals surface area contributed by atoms with Crippen molar-refractivity contribution in [1.82, 2.24) is 0 Å². The van der Waals surface area contributed by atoms with Crippen molar-refractivity contribution in [3.63, 3.8) is 0 Å². The Labute approximate surface area is 105 Å². The number of carbonyl (C=O) groups is 1. The zero-order valence-corrected chi connectivity index (χ0v) is 9.97. The fourth-order valence-electron chi connectivity index (χ4n) is 1.35. The molecule has 1 heterocycles. The van der Waals surface area contributed by atoms with Crippen molar-refractivity contribution in [2.75, 3.05) is 0 Å². The quantitative estimate of drug-likeness (QED) is 0.598. The number of rotatable bonds is 2. The van der Waals surface area contributed by atoms with E-state index in [0.29, 0.717) is 11.5 Å². The molecule has 0 unspecified atom stereocenters. The summed E-state index contributed by atoms with van der Waals surface area (Å²) in [6.07, 6.45) is 0. The van der Waals surface area contributed by atoms with Gasteiger partial charge in [0.15, 0.2) is 5.76 Å². The molecule has 0 saturated carbocycles. The molecule has 3 nitrogen and oxygen atoms in total. The number of carbonyl (C=O) groups excluding carboxylic acids is 1. The van der Waals surface area contributed by atoms with Gasteiger partial charge in [0.25, 0.3) is 0 Å². The lowest BCUT2D eigenvalue weighted by molar-refractivity contribution is -0.142. The minimum absolute atomic E-state index is 0.141. The van der Waals surface area contributed by atoms with Crippen molar-refractivity contribution < 1.29 is 13.9 Å². The summed E-state index contributed by atoms with van der Waals surface area (Å²) in [6.45, 7) is 1.50. The molecule has 0 aliphatic heterocycles. The van der Waals surface area contributed by atoms with Crippen molar-refractivity contribution in [2.45, 2.75) is 13.5 Å². The smallest absolute Gasteiger partial charge is 0.303 e. The summed E-state index contributed by atoms with van der Waals surface area (Å²) in [5.74, 6) is 6.71. The molecule has 90 valence electrons. The first-order chi connectivity index (χ1) is 8.74. The highest BCUT2D eigenvalue weighted by atomic mass is 16.5. The summed E-state index contributed by atoms with van der Waals surface area (Å²) >= 11 is 0. The van der Waals surface area contributed by atoms with E-state index >= 15 is 0 Å². The van der Waals surface area contributed by atoms with Crippen LogP contribution in [0, 0.1) is 11.8 Å². The Balaban J connectivity index is 2.03. The van der Waals surface area contributed by atoms with E-state index in [0.717, 1.165) is 5.56 Å². The first-order valence-corrected chi connectivity index (χ1v) is 5.53. The zero-order valence-electron chi connectivity index (χ0n) is 9.97. The van der Waals surface area contributed by atoms with Gasteiger partial charge in [0.2, 0.25) is 0 Å². The molecule has 0 bridgehead atoms. The number of ether oxygens (including phenoxy) is 1. The Morgan fingerprint density at radius 1 is 1.17 bits per heavy atom. The maximum atomic E-state index is 10.6. The predicted octanol–water partition coefficient (Wildman–Crippen LogP) is 2.74. The van der Waals surface area contributed by atoms with Crippen molar-refractivity contribution >= 4 is 5.97 Å². The molecule has 0 spiro atoms. The highest BCUT2D eigenvalue weighted by Crippen LogP contribution is 2.08. The van der Waals surface area contributed by atoms with E-state index in [9.17, 15) is 4.79 Å². The van der Waals surface area contributed by atoms with E-state index in [2.05, 4.69) is 11.8 Å². The monoisotopic (exact) mass is 240 g/mol. The first kappa shape index (κ1) is 12.0. The Kier molecular flexibility index (Phi) is 3.83. The second kappa shape index (κ2) is 5.74. The van der Waals surface area contributed by atoms with Crippen molar-refractivity contribution in [2.24, 2.45) is 0 Å². The van der Waals surface area contributed by atoms with Crippen molar-refractivity contribution in [1.29, 1.82) is 0 Å². The third-order valence-corrected chi connectivity index (χ3v) is 2.18. The lowest BCUT2D eigenvalue weighted by Crippen LogP contribution is -1.97. The summed E-state index contributed by atoms with van der Waals surface area (Å²) in [7, 11) is 0. The van der Waals surface area contributed by atoms with Gasteiger partial charge in [0.1, 0.15) is 12.4 Å². The van der Waals surface area contributed by atoms with Gasteiger partial charge in [-0.2, -0.15) is 0 Å². The molecule has 0 fully saturated rings. The average molecular weight is 240 g/mol. The van der Waals surface area contributed by atoms with Gasteiger partial charge in [-0.25, -0.2) is 0 Å². The van der Waals surface area contributed by atoms with E-state index < -0.39 is 0 Å². The summed E-state index contributed by atoms with van der Waals surface area (Å²) in [5.41, 5.74) is 0.926. The summed E-state index contributed by atoms with van der Waals surface area (Å²) in [4.78, 5) is 10.6. The lowest BCUT2D eigenvalue weighted by atomic mass is 10.2. The third-order valence-electron chi connectivity index (χ3n) is 2.18. The minimum atomic E-state index is -0.330. The number of hydrogen-bond acceptors (Lipinski definition) is 3. The molecule has 0 radical (unpaired) electrons. The van der Waals surface area contributed by atoms with Crippen LogP contribution in [0.15, 0.2) is 46.9 Å². The van der Waals surface area contributed by atoms with Gasteiger partial charge in [-0.1, -0.05) is 24.1 Å². The first-order valence-electron chi connectivity index (χ1n) is 5.53. The Hall–Kier alpha value is -2.47. The molecule has 3 heteroatoms. The topological polar surface area (TPSA) is 39.4 Å². The van der Waals surface area contributed by atoms with E-state index in [1.807, 2.05) is 30.3 Å². The molecular weight excluding hydrogens is 228 g/mol. The largest absolute Gasteiger partial charge is 0.458 e. The molecule has 2 rings (SSSR count). The van der Waals surface area contributed by atoms with Gasteiger partial charge in [-0.3, -0.25) is 4.79 Å². The van der Waals surface area contributed by atoms with Crippen LogP contribution in [0.4, 0.5) is 0 Å². The fraction of sp³-hybridized carbons (Fsp3) is 0.133. The lowest BCUT2D eigenvalue weighted by Gasteiger charge is -1.96. The van der Waals surface area contributed by atoms with E-state index in [-0.39, 0.29) is 12.6 Å². The van der Waals surface area contributed by atoms with Crippen molar-refractivity contribution in [3.05, 3.63) is 59.5 Å². The Morgan fingerprint density at radius 2 is 1.94 bits per heavy atom. The van der Waals surface area contributed by atoms with Crippen LogP contribution in [0.2, 0.25) is 0 Å². The highest BCUT2D eigenvalue weighted by molar-refractivity contribution is 5.65. The molecule has 0 aliphatic rings. The van der Waals surface area contributed by atoms with Gasteiger partial charge in [0.05, 0.1) is 0 Å². The van der Waals surface area contributed by atoms with Crippen LogP contribution in [-0.2, 0) is 16.1 Å². The molecule has 18 heavy (non-hydrogen) atoms. The number of benzene rings is 1. The highest BCUT2D eigenvalue weighted by Gasteiger charge is 2.01. The van der Waals surface area contributed by atoms with Crippen LogP contribution in [-0.4, -0.2) is 5.97 Å². The summed E-state index contributed by atoms with van der Waals surface area (Å²) in [6, 6.07) is 13.2. The van der Waals surface area contributed by atoms with Gasteiger partial charge >= 0.3 is 5.97 Å². The van der Waals surface area contributed by atoms with Crippen LogP contribution in [0.25, 0.3) is 0 Å². The minimum Gasteiger partial charge on any atom is -0.458 e. The molecule has 1 aromatic heterocycles. The summed E-state index contributed by atoms with van der Waals surface area (Å²) in [5, 5.41) is 0. The second-order valence-electron chi connectivity index (χ2n) is 3.66. The number of hydrogen-bond donors (Lipinski definition) is 0. The Morgan fingerprint density at radius 3 is 2.67 bits per heavy atom. The molecule has 0 amide bonds.